The van der Waals surface area contributed by atoms with Crippen molar-refractivity contribution in [1.82, 2.24) is 14.8 Å². The number of amides is 2. The van der Waals surface area contributed by atoms with E-state index in [4.69, 9.17) is 4.42 Å². The first-order chi connectivity index (χ1) is 15.1. The average molecular weight is 435 g/mol. The Morgan fingerprint density at radius 2 is 2.00 bits per heavy atom. The molecule has 3 aromatic rings. The zero-order valence-electron chi connectivity index (χ0n) is 17.0. The summed E-state index contributed by atoms with van der Waals surface area (Å²) in [5, 5.41) is 8.20. The number of furan rings is 1. The van der Waals surface area contributed by atoms with E-state index in [9.17, 15) is 9.59 Å². The van der Waals surface area contributed by atoms with E-state index in [1.54, 1.807) is 34.6 Å². The Morgan fingerprint density at radius 3 is 2.71 bits per heavy atom. The standard InChI is InChI=1S/C23H22N4O3S/c1-25-21(28)14-26(23(25)16-7-3-2-4-8-16)15-22(29)27-18(20-10-6-12-31-20)13-17(24-27)19-9-5-11-30-19/h2-12,18,23H,13-15H2,1H3/t18-,23+/m1/s1. The first-order valence-corrected chi connectivity index (χ1v) is 11.0. The highest BCUT2D eigenvalue weighted by Gasteiger charge is 2.40. The number of hydrogen-bond acceptors (Lipinski definition) is 6. The predicted molar refractivity (Wildman–Crippen MR) is 117 cm³/mol. The zero-order chi connectivity index (χ0) is 21.4. The molecule has 31 heavy (non-hydrogen) atoms. The average Bonchev–Trinajstić information content (AvgIpc) is 3.57. The molecule has 0 N–H and O–H groups in total. The third-order valence-corrected chi connectivity index (χ3v) is 6.70. The monoisotopic (exact) mass is 434 g/mol. The van der Waals surface area contributed by atoms with E-state index >= 15 is 0 Å². The SMILES string of the molecule is CN1C(=O)CN(CC(=O)N2N=C(c3ccco3)C[C@@H]2c2cccs2)[C@H]1c1ccccc1. The van der Waals surface area contributed by atoms with Gasteiger partial charge >= 0.3 is 0 Å². The van der Waals surface area contributed by atoms with Gasteiger partial charge in [0.1, 0.15) is 17.6 Å². The molecule has 2 atom stereocenters. The summed E-state index contributed by atoms with van der Waals surface area (Å²) in [6.07, 6.45) is 1.94. The Labute approximate surface area is 184 Å². The maximum atomic E-state index is 13.4. The number of benzene rings is 1. The van der Waals surface area contributed by atoms with Crippen LogP contribution in [0.3, 0.4) is 0 Å². The lowest BCUT2D eigenvalue weighted by molar-refractivity contribution is -0.134. The normalized spacial score (nSPS) is 21.7. The maximum absolute atomic E-state index is 13.4. The predicted octanol–water partition coefficient (Wildman–Crippen LogP) is 3.49. The number of nitrogens with zero attached hydrogens (tertiary/aromatic N) is 4. The van der Waals surface area contributed by atoms with Crippen LogP contribution in [-0.2, 0) is 9.59 Å². The van der Waals surface area contributed by atoms with Gasteiger partial charge in [-0.15, -0.1) is 11.3 Å². The molecule has 7 nitrogen and oxygen atoms in total. The molecule has 2 amide bonds. The van der Waals surface area contributed by atoms with Crippen molar-refractivity contribution < 1.29 is 14.0 Å². The minimum atomic E-state index is -0.269. The lowest BCUT2D eigenvalue weighted by Crippen LogP contribution is -2.39. The summed E-state index contributed by atoms with van der Waals surface area (Å²) in [6, 6.07) is 17.3. The van der Waals surface area contributed by atoms with E-state index < -0.39 is 0 Å². The van der Waals surface area contributed by atoms with Crippen LogP contribution in [-0.4, -0.2) is 52.5 Å². The summed E-state index contributed by atoms with van der Waals surface area (Å²) in [7, 11) is 1.78. The van der Waals surface area contributed by atoms with Gasteiger partial charge in [0.2, 0.25) is 5.91 Å². The molecule has 4 heterocycles. The van der Waals surface area contributed by atoms with Crippen molar-refractivity contribution in [3.05, 3.63) is 82.4 Å². The van der Waals surface area contributed by atoms with Crippen LogP contribution in [0, 0.1) is 0 Å². The molecule has 0 saturated carbocycles. The summed E-state index contributed by atoms with van der Waals surface area (Å²) in [5.41, 5.74) is 1.74. The molecule has 5 rings (SSSR count). The highest BCUT2D eigenvalue weighted by Crippen LogP contribution is 2.36. The van der Waals surface area contributed by atoms with Gasteiger partial charge in [-0.2, -0.15) is 5.10 Å². The number of hydrogen-bond donors (Lipinski definition) is 0. The van der Waals surface area contributed by atoms with Gasteiger partial charge < -0.3 is 9.32 Å². The smallest absolute Gasteiger partial charge is 0.257 e. The molecule has 158 valence electrons. The molecule has 2 aliphatic heterocycles. The largest absolute Gasteiger partial charge is 0.463 e. The first-order valence-electron chi connectivity index (χ1n) is 10.1. The van der Waals surface area contributed by atoms with E-state index in [2.05, 4.69) is 5.10 Å². The fourth-order valence-electron chi connectivity index (χ4n) is 4.24. The van der Waals surface area contributed by atoms with E-state index in [1.807, 2.05) is 64.9 Å². The molecule has 0 spiro atoms. The van der Waals surface area contributed by atoms with Crippen molar-refractivity contribution in [1.29, 1.82) is 0 Å². The Balaban J connectivity index is 1.41. The van der Waals surface area contributed by atoms with Crippen LogP contribution in [0.4, 0.5) is 0 Å². The van der Waals surface area contributed by atoms with Crippen molar-refractivity contribution >= 4 is 28.9 Å². The van der Waals surface area contributed by atoms with Crippen molar-refractivity contribution in [3.63, 3.8) is 0 Å². The number of rotatable bonds is 5. The minimum absolute atomic E-state index is 0.00217. The Kier molecular flexibility index (Phi) is 5.17. The lowest BCUT2D eigenvalue weighted by atomic mass is 10.1. The van der Waals surface area contributed by atoms with Gasteiger partial charge in [0, 0.05) is 18.3 Å². The third-order valence-electron chi connectivity index (χ3n) is 5.72. The van der Waals surface area contributed by atoms with Crippen LogP contribution in [0.5, 0.6) is 0 Å². The van der Waals surface area contributed by atoms with Crippen LogP contribution in [0.1, 0.15) is 34.8 Å². The molecule has 2 aromatic heterocycles. The van der Waals surface area contributed by atoms with Gasteiger partial charge in [0.15, 0.2) is 0 Å². The molecule has 0 bridgehead atoms. The van der Waals surface area contributed by atoms with Gasteiger partial charge in [-0.05, 0) is 29.1 Å². The van der Waals surface area contributed by atoms with Crippen molar-refractivity contribution in [2.45, 2.75) is 18.6 Å². The van der Waals surface area contributed by atoms with Gasteiger partial charge in [0.05, 0.1) is 25.4 Å². The van der Waals surface area contributed by atoms with E-state index in [0.717, 1.165) is 16.2 Å². The van der Waals surface area contributed by atoms with Crippen LogP contribution in [0.15, 0.2) is 75.8 Å². The van der Waals surface area contributed by atoms with Crippen LogP contribution >= 0.6 is 11.3 Å². The summed E-state index contributed by atoms with van der Waals surface area (Å²) in [5.74, 6) is 0.539. The molecule has 1 saturated heterocycles. The summed E-state index contributed by atoms with van der Waals surface area (Å²) >= 11 is 1.61. The van der Waals surface area contributed by atoms with Gasteiger partial charge in [0.25, 0.3) is 5.91 Å². The van der Waals surface area contributed by atoms with Crippen LogP contribution in [0.25, 0.3) is 0 Å². The molecule has 0 aliphatic carbocycles. The molecule has 2 aliphatic rings. The van der Waals surface area contributed by atoms with E-state index in [1.165, 1.54) is 0 Å². The molecular weight excluding hydrogens is 412 g/mol. The molecular formula is C23H22N4O3S. The molecule has 1 fully saturated rings. The zero-order valence-corrected chi connectivity index (χ0v) is 17.9. The maximum Gasteiger partial charge on any atom is 0.257 e. The highest BCUT2D eigenvalue weighted by atomic mass is 32.1. The summed E-state index contributed by atoms with van der Waals surface area (Å²) < 4.78 is 5.52. The first kappa shape index (κ1) is 19.7. The molecule has 0 radical (unpaired) electrons. The third kappa shape index (κ3) is 3.68. The van der Waals surface area contributed by atoms with Crippen LogP contribution < -0.4 is 0 Å². The molecule has 0 unspecified atom stereocenters. The lowest BCUT2D eigenvalue weighted by Gasteiger charge is -2.29. The quantitative estimate of drug-likeness (QED) is 0.616. The van der Waals surface area contributed by atoms with Gasteiger partial charge in [-0.25, -0.2) is 5.01 Å². The summed E-state index contributed by atoms with van der Waals surface area (Å²) in [6.45, 7) is 0.306. The highest BCUT2D eigenvalue weighted by molar-refractivity contribution is 7.10. The van der Waals surface area contributed by atoms with E-state index in [-0.39, 0.29) is 37.1 Å². The van der Waals surface area contributed by atoms with Crippen molar-refractivity contribution in [3.8, 4) is 0 Å². The second kappa shape index (κ2) is 8.13. The Morgan fingerprint density at radius 1 is 1.16 bits per heavy atom. The topological polar surface area (TPSA) is 69.4 Å². The molecule has 8 heteroatoms. The van der Waals surface area contributed by atoms with Gasteiger partial charge in [-0.1, -0.05) is 36.4 Å². The number of likely N-dealkylation sites (N-methyl/N-ethyl adjacent to an activating group) is 1. The van der Waals surface area contributed by atoms with Crippen molar-refractivity contribution in [2.75, 3.05) is 20.1 Å². The fraction of sp³-hybridized carbons (Fsp3) is 0.261. The number of thiophene rings is 1. The molecule has 1 aromatic carbocycles. The minimum Gasteiger partial charge on any atom is -0.463 e. The van der Waals surface area contributed by atoms with Crippen LogP contribution in [0.2, 0.25) is 0 Å². The van der Waals surface area contributed by atoms with Gasteiger partial charge in [-0.3, -0.25) is 14.5 Å². The Hall–Kier alpha value is -3.23. The van der Waals surface area contributed by atoms with Crippen molar-refractivity contribution in [2.24, 2.45) is 5.10 Å². The Bertz CT molecular complexity index is 1100. The second-order valence-corrected chi connectivity index (χ2v) is 8.67. The van der Waals surface area contributed by atoms with E-state index in [0.29, 0.717) is 12.2 Å². The second-order valence-electron chi connectivity index (χ2n) is 7.69. The number of carbonyl (C=O) groups excluding carboxylic acids is 2. The summed E-state index contributed by atoms with van der Waals surface area (Å²) in [4.78, 5) is 30.6. The number of carbonyl (C=O) groups is 2. The number of hydrazone groups is 1. The fourth-order valence-corrected chi connectivity index (χ4v) is 5.05.